The van der Waals surface area contributed by atoms with Crippen LogP contribution in [0.4, 0.5) is 0 Å². The minimum Gasteiger partial charge on any atom is -0.480 e. The molecule has 0 fully saturated rings. The summed E-state index contributed by atoms with van der Waals surface area (Å²) < 4.78 is 0. The van der Waals surface area contributed by atoms with Gasteiger partial charge in [-0.3, -0.25) is 24.0 Å². The minimum atomic E-state index is -1.27. The number of carboxylic acids is 1. The lowest BCUT2D eigenvalue weighted by Crippen LogP contribution is -2.55. The molecule has 11 heteroatoms. The maximum absolute atomic E-state index is 12.7. The van der Waals surface area contributed by atoms with E-state index in [4.69, 9.17) is 16.6 Å². The number of nitrogens with one attached hydrogen (secondary N) is 3. The molecule has 1 rings (SSSR count). The third-order valence-corrected chi connectivity index (χ3v) is 3.85. The van der Waals surface area contributed by atoms with Gasteiger partial charge in [-0.05, 0) is 12.0 Å². The van der Waals surface area contributed by atoms with Crippen LogP contribution in [0.1, 0.15) is 18.4 Å². The zero-order valence-electron chi connectivity index (χ0n) is 15.7. The maximum atomic E-state index is 12.7. The first-order chi connectivity index (χ1) is 13.7. The quantitative estimate of drug-likeness (QED) is 0.223. The molecule has 0 saturated heterocycles. The van der Waals surface area contributed by atoms with Crippen molar-refractivity contribution in [2.24, 2.45) is 11.5 Å². The summed E-state index contributed by atoms with van der Waals surface area (Å²) in [5.41, 5.74) is 11.1. The molecule has 1 aromatic carbocycles. The Hall–Kier alpha value is -3.47. The summed E-state index contributed by atoms with van der Waals surface area (Å²) in [4.78, 5) is 58.3. The van der Waals surface area contributed by atoms with Crippen molar-refractivity contribution >= 4 is 29.6 Å². The van der Waals surface area contributed by atoms with E-state index in [1.165, 1.54) is 0 Å². The van der Waals surface area contributed by atoms with E-state index in [0.29, 0.717) is 0 Å². The average molecular weight is 407 g/mol. The monoisotopic (exact) mass is 407 g/mol. The van der Waals surface area contributed by atoms with Gasteiger partial charge in [0.1, 0.15) is 18.6 Å². The summed E-state index contributed by atoms with van der Waals surface area (Å²) in [5.74, 6) is -3.99. The molecule has 2 unspecified atom stereocenters. The van der Waals surface area contributed by atoms with Crippen LogP contribution in [0.3, 0.4) is 0 Å². The number of aliphatic carboxylic acids is 1. The number of hydrogen-bond donors (Lipinski definition) is 6. The third-order valence-electron chi connectivity index (χ3n) is 3.85. The van der Waals surface area contributed by atoms with Crippen molar-refractivity contribution < 1.29 is 29.1 Å². The molecular weight excluding hydrogens is 382 g/mol. The van der Waals surface area contributed by atoms with Gasteiger partial charge in [-0.25, -0.2) is 0 Å². The largest absolute Gasteiger partial charge is 0.480 e. The van der Waals surface area contributed by atoms with Gasteiger partial charge in [-0.1, -0.05) is 30.3 Å². The number of carbonyl (C=O) groups is 5. The summed E-state index contributed by atoms with van der Waals surface area (Å²) in [6.45, 7) is -0.984. The molecule has 8 N–H and O–H groups in total. The molecule has 0 aliphatic carbocycles. The molecule has 0 bridgehead atoms. The Morgan fingerprint density at radius 1 is 0.966 bits per heavy atom. The second-order valence-corrected chi connectivity index (χ2v) is 6.19. The lowest BCUT2D eigenvalue weighted by molar-refractivity contribution is -0.138. The van der Waals surface area contributed by atoms with Crippen molar-refractivity contribution in [1.82, 2.24) is 16.0 Å². The predicted octanol–water partition coefficient (Wildman–Crippen LogP) is -2.38. The first-order valence-corrected chi connectivity index (χ1v) is 8.84. The molecule has 0 spiro atoms. The van der Waals surface area contributed by atoms with E-state index in [2.05, 4.69) is 16.0 Å². The number of amides is 4. The lowest BCUT2D eigenvalue weighted by Gasteiger charge is -2.23. The van der Waals surface area contributed by atoms with E-state index >= 15 is 0 Å². The molecule has 0 aliphatic rings. The Morgan fingerprint density at radius 2 is 1.62 bits per heavy atom. The molecule has 158 valence electrons. The highest BCUT2D eigenvalue weighted by Crippen LogP contribution is 2.05. The number of primary amides is 1. The van der Waals surface area contributed by atoms with Gasteiger partial charge in [0, 0.05) is 12.8 Å². The molecule has 0 saturated carbocycles. The van der Waals surface area contributed by atoms with E-state index in [1.54, 1.807) is 30.3 Å². The first-order valence-electron chi connectivity index (χ1n) is 8.84. The average Bonchev–Trinajstić information content (AvgIpc) is 2.68. The third kappa shape index (κ3) is 9.33. The van der Waals surface area contributed by atoms with Crippen molar-refractivity contribution in [3.05, 3.63) is 35.9 Å². The number of carbonyl (C=O) groups excluding carboxylic acids is 4. The van der Waals surface area contributed by atoms with E-state index in [-0.39, 0.29) is 25.8 Å². The molecule has 1 aromatic rings. The second-order valence-electron chi connectivity index (χ2n) is 6.19. The van der Waals surface area contributed by atoms with Crippen LogP contribution >= 0.6 is 0 Å². The SMILES string of the molecule is NCC(=O)NC(Cc1ccccc1)C(=O)NC(CCC(N)=O)C(=O)NCC(=O)O. The molecule has 0 aromatic heterocycles. The van der Waals surface area contributed by atoms with Crippen LogP contribution in [-0.2, 0) is 30.4 Å². The molecular formula is C18H25N5O6. The Labute approximate surface area is 167 Å². The van der Waals surface area contributed by atoms with Gasteiger partial charge >= 0.3 is 5.97 Å². The van der Waals surface area contributed by atoms with Crippen LogP contribution in [0.5, 0.6) is 0 Å². The van der Waals surface area contributed by atoms with Gasteiger partial charge in [-0.15, -0.1) is 0 Å². The van der Waals surface area contributed by atoms with E-state index in [0.717, 1.165) is 5.56 Å². The Bertz CT molecular complexity index is 740. The van der Waals surface area contributed by atoms with Crippen LogP contribution in [0.15, 0.2) is 30.3 Å². The van der Waals surface area contributed by atoms with Crippen molar-refractivity contribution in [3.63, 3.8) is 0 Å². The van der Waals surface area contributed by atoms with Crippen LogP contribution in [0.25, 0.3) is 0 Å². The van der Waals surface area contributed by atoms with Crippen LogP contribution in [-0.4, -0.2) is 59.9 Å². The first kappa shape index (κ1) is 23.6. The van der Waals surface area contributed by atoms with Crippen LogP contribution in [0, 0.1) is 0 Å². The van der Waals surface area contributed by atoms with Crippen molar-refractivity contribution in [1.29, 1.82) is 0 Å². The highest BCUT2D eigenvalue weighted by Gasteiger charge is 2.27. The van der Waals surface area contributed by atoms with Gasteiger partial charge in [0.25, 0.3) is 0 Å². The fourth-order valence-electron chi connectivity index (χ4n) is 2.43. The lowest BCUT2D eigenvalue weighted by atomic mass is 10.0. The summed E-state index contributed by atoms with van der Waals surface area (Å²) in [5, 5.41) is 15.7. The fraction of sp³-hybridized carbons (Fsp3) is 0.389. The summed E-state index contributed by atoms with van der Waals surface area (Å²) in [6, 6.07) is 6.62. The van der Waals surface area contributed by atoms with E-state index in [1.807, 2.05) is 0 Å². The standard InChI is InChI=1S/C18H25N5O6/c19-9-15(25)22-13(8-11-4-2-1-3-5-11)18(29)23-12(6-7-14(20)24)17(28)21-10-16(26)27/h1-5,12-13H,6-10,19H2,(H2,20,24)(H,21,28)(H,22,25)(H,23,29)(H,26,27). The molecule has 0 heterocycles. The highest BCUT2D eigenvalue weighted by atomic mass is 16.4. The topological polar surface area (TPSA) is 194 Å². The van der Waals surface area contributed by atoms with Gasteiger partial charge in [-0.2, -0.15) is 0 Å². The predicted molar refractivity (Wildman–Crippen MR) is 102 cm³/mol. The second kappa shape index (κ2) is 12.1. The number of rotatable bonds is 12. The summed E-state index contributed by atoms with van der Waals surface area (Å²) in [6.07, 6.45) is -0.197. The van der Waals surface area contributed by atoms with E-state index in [9.17, 15) is 24.0 Å². The van der Waals surface area contributed by atoms with Crippen molar-refractivity contribution in [2.45, 2.75) is 31.3 Å². The van der Waals surface area contributed by atoms with Crippen molar-refractivity contribution in [2.75, 3.05) is 13.1 Å². The van der Waals surface area contributed by atoms with Gasteiger partial charge in [0.2, 0.25) is 23.6 Å². The van der Waals surface area contributed by atoms with Crippen molar-refractivity contribution in [3.8, 4) is 0 Å². The minimum absolute atomic E-state index is 0.130. The molecule has 29 heavy (non-hydrogen) atoms. The Balaban J connectivity index is 2.92. The summed E-state index contributed by atoms with van der Waals surface area (Å²) >= 11 is 0. The number of hydrogen-bond acceptors (Lipinski definition) is 6. The molecule has 4 amide bonds. The fourth-order valence-corrected chi connectivity index (χ4v) is 2.43. The number of carboxylic acid groups (broad SMARTS) is 1. The van der Waals surface area contributed by atoms with Gasteiger partial charge in [0.05, 0.1) is 6.54 Å². The smallest absolute Gasteiger partial charge is 0.322 e. The Morgan fingerprint density at radius 3 is 2.17 bits per heavy atom. The molecule has 11 nitrogen and oxygen atoms in total. The normalized spacial score (nSPS) is 12.3. The van der Waals surface area contributed by atoms with Crippen LogP contribution < -0.4 is 27.4 Å². The Kier molecular flexibility index (Phi) is 9.82. The number of benzene rings is 1. The van der Waals surface area contributed by atoms with Gasteiger partial charge in [0.15, 0.2) is 0 Å². The van der Waals surface area contributed by atoms with Gasteiger partial charge < -0.3 is 32.5 Å². The molecule has 2 atom stereocenters. The highest BCUT2D eigenvalue weighted by molar-refractivity contribution is 5.93. The zero-order chi connectivity index (χ0) is 21.8. The maximum Gasteiger partial charge on any atom is 0.322 e. The summed E-state index contributed by atoms with van der Waals surface area (Å²) in [7, 11) is 0. The molecule has 0 aliphatic heterocycles. The zero-order valence-corrected chi connectivity index (χ0v) is 15.7. The number of nitrogens with two attached hydrogens (primary N) is 2. The molecule has 0 radical (unpaired) electrons. The van der Waals surface area contributed by atoms with Crippen LogP contribution in [0.2, 0.25) is 0 Å². The van der Waals surface area contributed by atoms with E-state index < -0.39 is 48.2 Å².